The predicted molar refractivity (Wildman–Crippen MR) is 93.2 cm³/mol. The standard InChI is InChI=1S/C16H24N2O3S.ClH/c1-18(16(19)10-13-4-3-5-15(13)17)11-12-6-8-14(9-7-12)22(2,20)21;/h6-9,13,15H,3-5,10-11,17H2,1-2H3;1H/t13-,15+;/m0./s1. The van der Waals surface area contributed by atoms with Gasteiger partial charge in [-0.25, -0.2) is 8.42 Å². The number of nitrogens with two attached hydrogens (primary N) is 1. The highest BCUT2D eigenvalue weighted by Gasteiger charge is 2.27. The maximum atomic E-state index is 12.2. The van der Waals surface area contributed by atoms with E-state index in [0.717, 1.165) is 24.8 Å². The Hall–Kier alpha value is -1.11. The lowest BCUT2D eigenvalue weighted by molar-refractivity contribution is -0.131. The average Bonchev–Trinajstić information content (AvgIpc) is 2.84. The molecule has 7 heteroatoms. The lowest BCUT2D eigenvalue weighted by Crippen LogP contribution is -2.32. The van der Waals surface area contributed by atoms with E-state index in [4.69, 9.17) is 5.73 Å². The number of halogens is 1. The number of carbonyl (C=O) groups excluding carboxylic acids is 1. The molecule has 0 heterocycles. The molecule has 0 radical (unpaired) electrons. The molecule has 23 heavy (non-hydrogen) atoms. The summed E-state index contributed by atoms with van der Waals surface area (Å²) in [5.74, 6) is 0.386. The lowest BCUT2D eigenvalue weighted by Gasteiger charge is -2.21. The second kappa shape index (κ2) is 8.13. The van der Waals surface area contributed by atoms with Gasteiger partial charge in [0.15, 0.2) is 9.84 Å². The molecule has 1 aromatic rings. The van der Waals surface area contributed by atoms with Crippen molar-refractivity contribution < 1.29 is 13.2 Å². The molecule has 0 unspecified atom stereocenters. The van der Waals surface area contributed by atoms with Crippen LogP contribution >= 0.6 is 12.4 Å². The van der Waals surface area contributed by atoms with Crippen molar-refractivity contribution in [3.8, 4) is 0 Å². The molecular weight excluding hydrogens is 336 g/mol. The molecular formula is C16H25ClN2O3S. The minimum absolute atomic E-state index is 0. The van der Waals surface area contributed by atoms with Crippen molar-refractivity contribution in [1.82, 2.24) is 4.90 Å². The normalized spacial score (nSPS) is 20.8. The molecule has 0 aromatic heterocycles. The fraction of sp³-hybridized carbons (Fsp3) is 0.562. The molecule has 1 saturated carbocycles. The summed E-state index contributed by atoms with van der Waals surface area (Å²) in [5.41, 5.74) is 6.93. The number of sulfone groups is 1. The molecule has 130 valence electrons. The molecule has 0 aliphatic heterocycles. The summed E-state index contributed by atoms with van der Waals surface area (Å²) in [6.07, 6.45) is 4.83. The van der Waals surface area contributed by atoms with Crippen LogP contribution in [0.25, 0.3) is 0 Å². The highest BCUT2D eigenvalue weighted by Crippen LogP contribution is 2.27. The van der Waals surface area contributed by atoms with Gasteiger partial charge in [-0.15, -0.1) is 12.4 Å². The predicted octanol–water partition coefficient (Wildman–Crippen LogP) is 1.99. The van der Waals surface area contributed by atoms with E-state index in [-0.39, 0.29) is 24.4 Å². The summed E-state index contributed by atoms with van der Waals surface area (Å²) in [5, 5.41) is 0. The molecule has 2 N–H and O–H groups in total. The summed E-state index contributed by atoms with van der Waals surface area (Å²) in [7, 11) is -1.41. The van der Waals surface area contributed by atoms with Gasteiger partial charge >= 0.3 is 0 Å². The maximum absolute atomic E-state index is 12.2. The van der Waals surface area contributed by atoms with Gasteiger partial charge in [-0.05, 0) is 36.5 Å². The summed E-state index contributed by atoms with van der Waals surface area (Å²) in [6, 6.07) is 6.81. The molecule has 0 bridgehead atoms. The molecule has 1 aliphatic carbocycles. The van der Waals surface area contributed by atoms with Crippen LogP contribution in [0.2, 0.25) is 0 Å². The topological polar surface area (TPSA) is 80.5 Å². The first-order valence-electron chi connectivity index (χ1n) is 7.56. The van der Waals surface area contributed by atoms with E-state index in [2.05, 4.69) is 0 Å². The Morgan fingerprint density at radius 1 is 1.26 bits per heavy atom. The van der Waals surface area contributed by atoms with Crippen LogP contribution in [-0.2, 0) is 21.2 Å². The third-order valence-electron chi connectivity index (χ3n) is 4.35. The Kier molecular flexibility index (Phi) is 7.04. The van der Waals surface area contributed by atoms with Crippen LogP contribution in [0.15, 0.2) is 29.2 Å². The molecule has 5 nitrogen and oxygen atoms in total. The van der Waals surface area contributed by atoms with Crippen LogP contribution in [0, 0.1) is 5.92 Å². The number of hydrogen-bond acceptors (Lipinski definition) is 4. The largest absolute Gasteiger partial charge is 0.341 e. The van der Waals surface area contributed by atoms with Gasteiger partial charge in [-0.1, -0.05) is 18.6 Å². The van der Waals surface area contributed by atoms with Crippen LogP contribution in [0.4, 0.5) is 0 Å². The van der Waals surface area contributed by atoms with Crippen molar-refractivity contribution in [2.24, 2.45) is 11.7 Å². The van der Waals surface area contributed by atoms with Gasteiger partial charge in [0.05, 0.1) is 4.90 Å². The molecule has 0 saturated heterocycles. The van der Waals surface area contributed by atoms with Crippen molar-refractivity contribution in [2.45, 2.75) is 43.2 Å². The SMILES string of the molecule is CN(Cc1ccc(S(C)(=O)=O)cc1)C(=O)C[C@@H]1CCC[C@H]1N.Cl. The zero-order valence-electron chi connectivity index (χ0n) is 13.6. The van der Waals surface area contributed by atoms with Crippen LogP contribution < -0.4 is 5.73 Å². The van der Waals surface area contributed by atoms with Gasteiger partial charge < -0.3 is 10.6 Å². The van der Waals surface area contributed by atoms with Crippen molar-refractivity contribution in [3.05, 3.63) is 29.8 Å². The minimum atomic E-state index is -3.18. The molecule has 1 fully saturated rings. The second-order valence-corrected chi connectivity index (χ2v) is 8.24. The van der Waals surface area contributed by atoms with Gasteiger partial charge in [-0.2, -0.15) is 0 Å². The number of hydrogen-bond donors (Lipinski definition) is 1. The quantitative estimate of drug-likeness (QED) is 0.870. The first kappa shape index (κ1) is 19.9. The third-order valence-corrected chi connectivity index (χ3v) is 5.48. The smallest absolute Gasteiger partial charge is 0.222 e. The van der Waals surface area contributed by atoms with E-state index < -0.39 is 9.84 Å². The Bertz CT molecular complexity index is 631. The van der Waals surface area contributed by atoms with Gasteiger partial charge in [0.1, 0.15) is 0 Å². The van der Waals surface area contributed by atoms with Crippen molar-refractivity contribution in [3.63, 3.8) is 0 Å². The molecule has 1 aliphatic rings. The fourth-order valence-electron chi connectivity index (χ4n) is 2.90. The van der Waals surface area contributed by atoms with E-state index in [1.165, 1.54) is 6.26 Å². The van der Waals surface area contributed by atoms with Gasteiger partial charge in [0, 0.05) is 32.3 Å². The van der Waals surface area contributed by atoms with E-state index in [0.29, 0.717) is 23.8 Å². The van der Waals surface area contributed by atoms with Crippen molar-refractivity contribution in [2.75, 3.05) is 13.3 Å². The zero-order valence-corrected chi connectivity index (χ0v) is 15.2. The summed E-state index contributed by atoms with van der Waals surface area (Å²) < 4.78 is 22.8. The van der Waals surface area contributed by atoms with E-state index in [1.54, 1.807) is 36.2 Å². The van der Waals surface area contributed by atoms with E-state index in [1.807, 2.05) is 0 Å². The van der Waals surface area contributed by atoms with E-state index >= 15 is 0 Å². The molecule has 2 atom stereocenters. The Labute approximate surface area is 144 Å². The van der Waals surface area contributed by atoms with Crippen LogP contribution in [0.5, 0.6) is 0 Å². The molecule has 1 amide bonds. The monoisotopic (exact) mass is 360 g/mol. The first-order chi connectivity index (χ1) is 10.3. The maximum Gasteiger partial charge on any atom is 0.222 e. The van der Waals surface area contributed by atoms with Crippen LogP contribution in [-0.4, -0.2) is 38.6 Å². The lowest BCUT2D eigenvalue weighted by atomic mass is 9.99. The molecule has 0 spiro atoms. The number of carbonyl (C=O) groups is 1. The van der Waals surface area contributed by atoms with Gasteiger partial charge in [0.25, 0.3) is 0 Å². The molecule has 2 rings (SSSR count). The number of rotatable bonds is 5. The highest BCUT2D eigenvalue weighted by atomic mass is 35.5. The van der Waals surface area contributed by atoms with Crippen molar-refractivity contribution >= 4 is 28.2 Å². The third kappa shape index (κ3) is 5.48. The van der Waals surface area contributed by atoms with Crippen LogP contribution in [0.3, 0.4) is 0 Å². The minimum Gasteiger partial charge on any atom is -0.341 e. The summed E-state index contributed by atoms with van der Waals surface area (Å²) >= 11 is 0. The van der Waals surface area contributed by atoms with Gasteiger partial charge in [-0.3, -0.25) is 4.79 Å². The van der Waals surface area contributed by atoms with E-state index in [9.17, 15) is 13.2 Å². The summed E-state index contributed by atoms with van der Waals surface area (Å²) in [4.78, 5) is 14.2. The molecule has 1 aromatic carbocycles. The van der Waals surface area contributed by atoms with Gasteiger partial charge in [0.2, 0.25) is 5.91 Å². The fourth-order valence-corrected chi connectivity index (χ4v) is 3.53. The highest BCUT2D eigenvalue weighted by molar-refractivity contribution is 7.90. The Balaban J connectivity index is 0.00000264. The van der Waals surface area contributed by atoms with Crippen molar-refractivity contribution in [1.29, 1.82) is 0 Å². The number of amides is 1. The zero-order chi connectivity index (χ0) is 16.3. The number of nitrogens with zero attached hydrogens (tertiary/aromatic N) is 1. The first-order valence-corrected chi connectivity index (χ1v) is 9.45. The van der Waals surface area contributed by atoms with Crippen LogP contribution in [0.1, 0.15) is 31.2 Å². The summed E-state index contributed by atoms with van der Waals surface area (Å²) in [6.45, 7) is 0.477. The average molecular weight is 361 g/mol. The number of benzene rings is 1. The Morgan fingerprint density at radius 2 is 1.87 bits per heavy atom. The second-order valence-electron chi connectivity index (χ2n) is 6.22. The Morgan fingerprint density at radius 3 is 2.35 bits per heavy atom.